The summed E-state index contributed by atoms with van der Waals surface area (Å²) < 4.78 is 49.1. The Balaban J connectivity index is 3.07. The molecule has 0 aromatic heterocycles. The Labute approximate surface area is 127 Å². The highest BCUT2D eigenvalue weighted by Gasteiger charge is 2.33. The van der Waals surface area contributed by atoms with Crippen LogP contribution in [0.25, 0.3) is 0 Å². The molecule has 0 radical (unpaired) electrons. The van der Waals surface area contributed by atoms with Crippen molar-refractivity contribution in [3.8, 4) is 0 Å². The predicted octanol–water partition coefficient (Wildman–Crippen LogP) is 3.54. The second-order valence-corrected chi connectivity index (χ2v) is 4.71. The Morgan fingerprint density at radius 2 is 1.67 bits per heavy atom. The van der Waals surface area contributed by atoms with E-state index in [1.165, 1.54) is 6.07 Å². The topological polar surface area (TPSA) is 21.7 Å². The van der Waals surface area contributed by atoms with Gasteiger partial charge in [-0.3, -0.25) is 0 Å². The summed E-state index contributed by atoms with van der Waals surface area (Å²) in [7, 11) is 3.10. The molecule has 0 atom stereocenters. The number of hydrogen-bond donors (Lipinski definition) is 0. The molecular formula is C14H19ClF3NO2. The molecule has 1 aromatic rings. The Morgan fingerprint density at radius 1 is 1.10 bits per heavy atom. The Hall–Kier alpha value is -0.980. The number of nitrogens with zero attached hydrogens (tertiary/aromatic N) is 1. The fraction of sp³-hybridized carbons (Fsp3) is 0.571. The summed E-state index contributed by atoms with van der Waals surface area (Å²) in [6, 6.07) is 4.18. The van der Waals surface area contributed by atoms with E-state index in [2.05, 4.69) is 0 Å². The molecule has 0 saturated carbocycles. The molecule has 1 rings (SSSR count). The molecule has 0 fully saturated rings. The first kappa shape index (κ1) is 18.1. The van der Waals surface area contributed by atoms with Gasteiger partial charge in [0.2, 0.25) is 0 Å². The summed E-state index contributed by atoms with van der Waals surface area (Å²) in [4.78, 5) is 1.79. The molecule has 0 aliphatic carbocycles. The van der Waals surface area contributed by atoms with Gasteiger partial charge in [-0.1, -0.05) is 6.07 Å². The third-order valence-corrected chi connectivity index (χ3v) is 3.33. The van der Waals surface area contributed by atoms with Crippen molar-refractivity contribution in [1.82, 2.24) is 0 Å². The molecule has 0 N–H and O–H groups in total. The number of methoxy groups -OCH3 is 2. The van der Waals surface area contributed by atoms with Crippen molar-refractivity contribution in [3.63, 3.8) is 0 Å². The number of benzene rings is 1. The Bertz CT molecular complexity index is 433. The second-order valence-electron chi connectivity index (χ2n) is 4.45. The maximum atomic E-state index is 13.1. The van der Waals surface area contributed by atoms with Gasteiger partial charge in [0, 0.05) is 38.9 Å². The molecule has 21 heavy (non-hydrogen) atoms. The number of alkyl halides is 4. The average molecular weight is 326 g/mol. The standard InChI is InChI=1S/C14H19ClF3NO2/c1-20-7-5-19(6-8-21-2)12-4-3-11(10-15)13(9-12)14(16,17)18/h3-4,9H,5-8,10H2,1-2H3. The zero-order chi connectivity index (χ0) is 15.9. The monoisotopic (exact) mass is 325 g/mol. The Morgan fingerprint density at radius 3 is 2.10 bits per heavy atom. The van der Waals surface area contributed by atoms with Gasteiger partial charge >= 0.3 is 6.18 Å². The number of hydrogen-bond acceptors (Lipinski definition) is 3. The predicted molar refractivity (Wildman–Crippen MR) is 77.0 cm³/mol. The molecule has 1 aromatic carbocycles. The van der Waals surface area contributed by atoms with E-state index in [1.54, 1.807) is 25.2 Å². The maximum Gasteiger partial charge on any atom is 0.416 e. The van der Waals surface area contributed by atoms with Crippen LogP contribution < -0.4 is 4.90 Å². The molecule has 0 spiro atoms. The van der Waals surface area contributed by atoms with Crippen molar-refractivity contribution in [2.75, 3.05) is 45.4 Å². The highest BCUT2D eigenvalue weighted by molar-refractivity contribution is 6.17. The smallest absolute Gasteiger partial charge is 0.383 e. The lowest BCUT2D eigenvalue weighted by atomic mass is 10.1. The minimum absolute atomic E-state index is 0.0753. The molecule has 0 unspecified atom stereocenters. The highest BCUT2D eigenvalue weighted by atomic mass is 35.5. The van der Waals surface area contributed by atoms with E-state index < -0.39 is 11.7 Å². The first-order valence-electron chi connectivity index (χ1n) is 6.43. The lowest BCUT2D eigenvalue weighted by Crippen LogP contribution is -2.31. The fourth-order valence-corrected chi connectivity index (χ4v) is 2.15. The van der Waals surface area contributed by atoms with E-state index in [1.807, 2.05) is 0 Å². The van der Waals surface area contributed by atoms with Gasteiger partial charge < -0.3 is 14.4 Å². The lowest BCUT2D eigenvalue weighted by molar-refractivity contribution is -0.138. The maximum absolute atomic E-state index is 13.1. The van der Waals surface area contributed by atoms with Crippen molar-refractivity contribution in [2.24, 2.45) is 0 Å². The van der Waals surface area contributed by atoms with Crippen LogP contribution >= 0.6 is 11.6 Å². The number of ether oxygens (including phenoxy) is 2. The van der Waals surface area contributed by atoms with Crippen LogP contribution in [0.4, 0.5) is 18.9 Å². The van der Waals surface area contributed by atoms with Gasteiger partial charge in [-0.15, -0.1) is 11.6 Å². The second kappa shape index (κ2) is 8.46. The summed E-state index contributed by atoms with van der Waals surface area (Å²) in [5, 5.41) is 0. The average Bonchev–Trinajstić information content (AvgIpc) is 2.46. The van der Waals surface area contributed by atoms with Gasteiger partial charge in [0.05, 0.1) is 18.8 Å². The molecule has 0 heterocycles. The van der Waals surface area contributed by atoms with Crippen LogP contribution in [0.5, 0.6) is 0 Å². The van der Waals surface area contributed by atoms with Crippen LogP contribution in [0.1, 0.15) is 11.1 Å². The molecule has 0 aliphatic rings. The number of rotatable bonds is 8. The van der Waals surface area contributed by atoms with Crippen molar-refractivity contribution in [3.05, 3.63) is 29.3 Å². The largest absolute Gasteiger partial charge is 0.416 e. The lowest BCUT2D eigenvalue weighted by Gasteiger charge is -2.25. The molecule has 0 saturated heterocycles. The molecule has 0 bridgehead atoms. The summed E-state index contributed by atoms with van der Waals surface area (Å²) in [5.74, 6) is -0.175. The summed E-state index contributed by atoms with van der Waals surface area (Å²) in [5.41, 5.74) is -0.147. The first-order chi connectivity index (χ1) is 9.93. The van der Waals surface area contributed by atoms with Crippen LogP contribution in [-0.4, -0.2) is 40.5 Å². The van der Waals surface area contributed by atoms with E-state index in [0.717, 1.165) is 6.07 Å². The zero-order valence-corrected chi connectivity index (χ0v) is 12.8. The minimum Gasteiger partial charge on any atom is -0.383 e. The van der Waals surface area contributed by atoms with Gasteiger partial charge in [0.25, 0.3) is 0 Å². The highest BCUT2D eigenvalue weighted by Crippen LogP contribution is 2.35. The third kappa shape index (κ3) is 5.37. The van der Waals surface area contributed by atoms with E-state index in [-0.39, 0.29) is 11.4 Å². The summed E-state index contributed by atoms with van der Waals surface area (Å²) >= 11 is 5.58. The van der Waals surface area contributed by atoms with Crippen LogP contribution in [0, 0.1) is 0 Å². The molecule has 0 aliphatic heterocycles. The molecule has 0 amide bonds. The van der Waals surface area contributed by atoms with Gasteiger partial charge in [0.1, 0.15) is 0 Å². The molecular weight excluding hydrogens is 307 g/mol. The summed E-state index contributed by atoms with van der Waals surface area (Å²) in [6.45, 7) is 1.80. The van der Waals surface area contributed by atoms with Gasteiger partial charge in [-0.2, -0.15) is 13.2 Å². The number of halogens is 4. The van der Waals surface area contributed by atoms with E-state index in [9.17, 15) is 13.2 Å². The van der Waals surface area contributed by atoms with Crippen LogP contribution in [0.3, 0.4) is 0 Å². The quantitative estimate of drug-likeness (QED) is 0.682. The normalized spacial score (nSPS) is 11.7. The molecule has 120 valence electrons. The van der Waals surface area contributed by atoms with Crippen LogP contribution in [0.15, 0.2) is 18.2 Å². The molecule has 7 heteroatoms. The van der Waals surface area contributed by atoms with E-state index >= 15 is 0 Å². The van der Waals surface area contributed by atoms with E-state index in [0.29, 0.717) is 32.0 Å². The molecule has 3 nitrogen and oxygen atoms in total. The van der Waals surface area contributed by atoms with Crippen molar-refractivity contribution in [2.45, 2.75) is 12.1 Å². The van der Waals surface area contributed by atoms with E-state index in [4.69, 9.17) is 21.1 Å². The Kier molecular flexibility index (Phi) is 7.28. The third-order valence-electron chi connectivity index (χ3n) is 3.04. The van der Waals surface area contributed by atoms with Crippen LogP contribution in [-0.2, 0) is 21.5 Å². The first-order valence-corrected chi connectivity index (χ1v) is 6.96. The zero-order valence-electron chi connectivity index (χ0n) is 12.0. The van der Waals surface area contributed by atoms with Crippen LogP contribution in [0.2, 0.25) is 0 Å². The van der Waals surface area contributed by atoms with Gasteiger partial charge in [-0.25, -0.2) is 0 Å². The number of anilines is 1. The fourth-order valence-electron chi connectivity index (χ4n) is 1.91. The van der Waals surface area contributed by atoms with Crippen molar-refractivity contribution < 1.29 is 22.6 Å². The van der Waals surface area contributed by atoms with Crippen molar-refractivity contribution in [1.29, 1.82) is 0 Å². The van der Waals surface area contributed by atoms with Gasteiger partial charge in [-0.05, 0) is 17.7 Å². The van der Waals surface area contributed by atoms with Gasteiger partial charge in [0.15, 0.2) is 0 Å². The minimum atomic E-state index is -4.42. The SMILES string of the molecule is COCCN(CCOC)c1ccc(CCl)c(C(F)(F)F)c1. The summed E-state index contributed by atoms with van der Waals surface area (Å²) in [6.07, 6.45) is -4.42. The van der Waals surface area contributed by atoms with Crippen molar-refractivity contribution >= 4 is 17.3 Å².